The Bertz CT molecular complexity index is 1100. The fourth-order valence-corrected chi connectivity index (χ4v) is 5.22. The minimum Gasteiger partial charge on any atom is -0.340 e. The van der Waals surface area contributed by atoms with E-state index in [0.717, 1.165) is 16.5 Å². The molecule has 3 aromatic rings. The van der Waals surface area contributed by atoms with Crippen LogP contribution in [0, 0.1) is 0 Å². The quantitative estimate of drug-likeness (QED) is 0.679. The molecule has 0 radical (unpaired) electrons. The van der Waals surface area contributed by atoms with E-state index in [1.807, 2.05) is 72.3 Å². The first kappa shape index (κ1) is 18.7. The minimum atomic E-state index is -3.39. The Hall–Kier alpha value is -2.64. The fourth-order valence-electron chi connectivity index (χ4n) is 3.70. The van der Waals surface area contributed by atoms with E-state index in [2.05, 4.69) is 0 Å². The zero-order valence-electron chi connectivity index (χ0n) is 15.8. The molecule has 1 aliphatic heterocycles. The van der Waals surface area contributed by atoms with Gasteiger partial charge in [-0.1, -0.05) is 48.5 Å². The molecule has 1 aliphatic rings. The van der Waals surface area contributed by atoms with Gasteiger partial charge in [0.15, 0.2) is 0 Å². The van der Waals surface area contributed by atoms with Gasteiger partial charge >= 0.3 is 0 Å². The van der Waals surface area contributed by atoms with E-state index < -0.39 is 10.0 Å². The maximum atomic E-state index is 13.0. The second-order valence-corrected chi connectivity index (χ2v) is 9.05. The van der Waals surface area contributed by atoms with E-state index in [9.17, 15) is 13.2 Å². The summed E-state index contributed by atoms with van der Waals surface area (Å²) >= 11 is 0. The first-order valence-electron chi connectivity index (χ1n) is 9.31. The van der Waals surface area contributed by atoms with Crippen LogP contribution >= 0.6 is 0 Å². The van der Waals surface area contributed by atoms with Crippen LogP contribution in [0.2, 0.25) is 0 Å². The lowest BCUT2D eigenvalue weighted by molar-refractivity contribution is 0.0688. The molecule has 1 fully saturated rings. The molecule has 0 N–H and O–H groups in total. The molecule has 2 aromatic carbocycles. The molecule has 0 aliphatic carbocycles. The summed E-state index contributed by atoms with van der Waals surface area (Å²) in [6, 6.07) is 19.0. The molecule has 1 aromatic heterocycles. The number of aromatic nitrogens is 1. The van der Waals surface area contributed by atoms with Crippen molar-refractivity contribution in [3.63, 3.8) is 0 Å². The molecule has 0 bridgehead atoms. The van der Waals surface area contributed by atoms with E-state index in [4.69, 9.17) is 0 Å². The Morgan fingerprint density at radius 2 is 1.57 bits per heavy atom. The zero-order valence-corrected chi connectivity index (χ0v) is 16.6. The summed E-state index contributed by atoms with van der Waals surface area (Å²) in [5.41, 5.74) is 2.41. The van der Waals surface area contributed by atoms with Crippen LogP contribution in [-0.4, -0.2) is 54.3 Å². The first-order chi connectivity index (χ1) is 13.5. The summed E-state index contributed by atoms with van der Waals surface area (Å²) in [6.07, 6.45) is 0. The second kappa shape index (κ2) is 7.41. The molecule has 2 heterocycles. The number of hydrogen-bond donors (Lipinski definition) is 0. The van der Waals surface area contributed by atoms with E-state index in [-0.39, 0.29) is 11.7 Å². The molecule has 0 spiro atoms. The third-order valence-electron chi connectivity index (χ3n) is 5.28. The third kappa shape index (κ3) is 3.55. The van der Waals surface area contributed by atoms with E-state index in [1.165, 1.54) is 4.31 Å². The number of aryl methyl sites for hydroxylation is 1. The summed E-state index contributed by atoms with van der Waals surface area (Å²) < 4.78 is 28.8. The van der Waals surface area contributed by atoms with Crippen molar-refractivity contribution in [1.82, 2.24) is 13.8 Å². The third-order valence-corrected chi connectivity index (χ3v) is 7.13. The number of para-hydroxylation sites is 1. The molecule has 0 saturated carbocycles. The van der Waals surface area contributed by atoms with Gasteiger partial charge in [-0.2, -0.15) is 4.31 Å². The Morgan fingerprint density at radius 1 is 0.929 bits per heavy atom. The fraction of sp³-hybridized carbons (Fsp3) is 0.286. The Labute approximate surface area is 165 Å². The minimum absolute atomic E-state index is 0.00894. The molecule has 146 valence electrons. The molecule has 28 heavy (non-hydrogen) atoms. The van der Waals surface area contributed by atoms with Gasteiger partial charge in [0.1, 0.15) is 5.69 Å². The standard InChI is InChI=1S/C21H23N3O3S/c1-22-19-10-6-5-9-18(19)15-20(22)21(25)23-11-13-24(14-12-23)28(26,27)16-17-7-3-2-4-8-17/h2-10,15H,11-14,16H2,1H3. The van der Waals surface area contributed by atoms with Crippen LogP contribution in [0.4, 0.5) is 0 Å². The molecule has 0 unspecified atom stereocenters. The molecule has 1 amide bonds. The number of amides is 1. The number of sulfonamides is 1. The Kier molecular flexibility index (Phi) is 4.95. The first-order valence-corrected chi connectivity index (χ1v) is 10.9. The zero-order chi connectivity index (χ0) is 19.7. The summed E-state index contributed by atoms with van der Waals surface area (Å²) in [7, 11) is -1.50. The van der Waals surface area contributed by atoms with Crippen molar-refractivity contribution in [1.29, 1.82) is 0 Å². The number of piperazine rings is 1. The summed E-state index contributed by atoms with van der Waals surface area (Å²) in [4.78, 5) is 14.7. The van der Waals surface area contributed by atoms with Crippen molar-refractivity contribution in [2.45, 2.75) is 5.75 Å². The Balaban J connectivity index is 1.44. The van der Waals surface area contributed by atoms with Crippen molar-refractivity contribution in [3.8, 4) is 0 Å². The van der Waals surface area contributed by atoms with Gasteiger partial charge in [0.2, 0.25) is 10.0 Å². The van der Waals surface area contributed by atoms with Gasteiger partial charge in [-0.05, 0) is 17.7 Å². The number of hydrogen-bond acceptors (Lipinski definition) is 3. The van der Waals surface area contributed by atoms with Gasteiger partial charge in [-0.3, -0.25) is 4.79 Å². The number of carbonyl (C=O) groups is 1. The lowest BCUT2D eigenvalue weighted by Crippen LogP contribution is -2.51. The molecule has 1 saturated heterocycles. The van der Waals surface area contributed by atoms with Crippen LogP contribution in [-0.2, 0) is 22.8 Å². The van der Waals surface area contributed by atoms with Crippen LogP contribution < -0.4 is 0 Å². The second-order valence-electron chi connectivity index (χ2n) is 7.08. The lowest BCUT2D eigenvalue weighted by Gasteiger charge is -2.34. The van der Waals surface area contributed by atoms with E-state index in [1.54, 1.807) is 4.90 Å². The number of fused-ring (bicyclic) bond motifs is 1. The smallest absolute Gasteiger partial charge is 0.270 e. The highest BCUT2D eigenvalue weighted by atomic mass is 32.2. The number of benzene rings is 2. The van der Waals surface area contributed by atoms with Crippen molar-refractivity contribution in [3.05, 3.63) is 71.9 Å². The SMILES string of the molecule is Cn1c(C(=O)N2CCN(S(=O)(=O)Cc3ccccc3)CC2)cc2ccccc21. The van der Waals surface area contributed by atoms with Gasteiger partial charge in [0, 0.05) is 44.1 Å². The van der Waals surface area contributed by atoms with Crippen molar-refractivity contribution in [2.24, 2.45) is 7.05 Å². The lowest BCUT2D eigenvalue weighted by atomic mass is 10.2. The van der Waals surface area contributed by atoms with Crippen molar-refractivity contribution < 1.29 is 13.2 Å². The molecular weight excluding hydrogens is 374 g/mol. The topological polar surface area (TPSA) is 62.6 Å². The Morgan fingerprint density at radius 3 is 2.25 bits per heavy atom. The predicted octanol–water partition coefficient (Wildman–Crippen LogP) is 2.47. The average molecular weight is 398 g/mol. The maximum absolute atomic E-state index is 13.0. The largest absolute Gasteiger partial charge is 0.340 e. The number of rotatable bonds is 4. The van der Waals surface area contributed by atoms with Crippen molar-refractivity contribution >= 4 is 26.8 Å². The number of nitrogens with zero attached hydrogens (tertiary/aromatic N) is 3. The van der Waals surface area contributed by atoms with Gasteiger partial charge in [0.05, 0.1) is 5.75 Å². The van der Waals surface area contributed by atoms with E-state index in [0.29, 0.717) is 31.9 Å². The van der Waals surface area contributed by atoms with Gasteiger partial charge < -0.3 is 9.47 Å². The predicted molar refractivity (Wildman–Crippen MR) is 109 cm³/mol. The van der Waals surface area contributed by atoms with Crippen LogP contribution in [0.15, 0.2) is 60.7 Å². The maximum Gasteiger partial charge on any atom is 0.270 e. The van der Waals surface area contributed by atoms with Crippen molar-refractivity contribution in [2.75, 3.05) is 26.2 Å². The van der Waals surface area contributed by atoms with Gasteiger partial charge in [-0.15, -0.1) is 0 Å². The monoisotopic (exact) mass is 397 g/mol. The van der Waals surface area contributed by atoms with E-state index >= 15 is 0 Å². The number of carbonyl (C=O) groups excluding carboxylic acids is 1. The molecule has 0 atom stereocenters. The molecule has 7 heteroatoms. The highest BCUT2D eigenvalue weighted by molar-refractivity contribution is 7.88. The van der Waals surface area contributed by atoms with Crippen LogP contribution in [0.1, 0.15) is 16.1 Å². The van der Waals surface area contributed by atoms with Gasteiger partial charge in [-0.25, -0.2) is 8.42 Å². The molecule has 4 rings (SSSR count). The van der Waals surface area contributed by atoms with Gasteiger partial charge in [0.25, 0.3) is 5.91 Å². The summed E-state index contributed by atoms with van der Waals surface area (Å²) in [5, 5.41) is 1.03. The molecular formula is C21H23N3O3S. The highest BCUT2D eigenvalue weighted by Gasteiger charge is 2.30. The summed E-state index contributed by atoms with van der Waals surface area (Å²) in [5.74, 6) is -0.0656. The van der Waals surface area contributed by atoms with Crippen LogP contribution in [0.25, 0.3) is 10.9 Å². The highest BCUT2D eigenvalue weighted by Crippen LogP contribution is 2.21. The molecule has 6 nitrogen and oxygen atoms in total. The van der Waals surface area contributed by atoms with Crippen LogP contribution in [0.5, 0.6) is 0 Å². The van der Waals surface area contributed by atoms with Crippen LogP contribution in [0.3, 0.4) is 0 Å². The average Bonchev–Trinajstić information content (AvgIpc) is 3.05. The normalized spacial score (nSPS) is 15.8. The summed E-state index contributed by atoms with van der Waals surface area (Å²) in [6.45, 7) is 1.44.